The van der Waals surface area contributed by atoms with Crippen molar-refractivity contribution >= 4 is 33.0 Å². The minimum atomic E-state index is 0.0232. The smallest absolute Gasteiger partial charge is 0.199 e. The van der Waals surface area contributed by atoms with Gasteiger partial charge in [0.1, 0.15) is 6.33 Å². The van der Waals surface area contributed by atoms with Gasteiger partial charge in [-0.25, -0.2) is 4.98 Å². The third-order valence-corrected chi connectivity index (χ3v) is 4.25. The van der Waals surface area contributed by atoms with Gasteiger partial charge in [-0.05, 0) is 24.3 Å². The summed E-state index contributed by atoms with van der Waals surface area (Å²) in [4.78, 5) is 17.4. The number of fused-ring (bicyclic) bond motifs is 2. The van der Waals surface area contributed by atoms with Gasteiger partial charge in [0.15, 0.2) is 5.43 Å². The lowest BCUT2D eigenvalue weighted by molar-refractivity contribution is 0.293. The summed E-state index contributed by atoms with van der Waals surface area (Å²) in [5.74, 6) is 0. The zero-order valence-electron chi connectivity index (χ0n) is 13.1. The number of benzene rings is 2. The van der Waals surface area contributed by atoms with Crippen molar-refractivity contribution in [3.05, 3.63) is 52.9 Å². The van der Waals surface area contributed by atoms with E-state index in [-0.39, 0.29) is 12.0 Å². The Morgan fingerprint density at radius 1 is 1.08 bits per heavy atom. The molecular formula is C18H18N4O2. The highest BCUT2D eigenvalue weighted by Gasteiger charge is 2.15. The molecule has 2 aromatic carbocycles. The fourth-order valence-corrected chi connectivity index (χ4v) is 3.17. The van der Waals surface area contributed by atoms with Crippen LogP contribution in [0.5, 0.6) is 0 Å². The summed E-state index contributed by atoms with van der Waals surface area (Å²) in [7, 11) is 0. The van der Waals surface area contributed by atoms with Gasteiger partial charge in [0.25, 0.3) is 0 Å². The summed E-state index contributed by atoms with van der Waals surface area (Å²) in [6.07, 6.45) is 1.77. The second kappa shape index (κ2) is 6.07. The SMILES string of the molecule is O=c1c2ccccc2n2cnc3ccc(NCCNCCO)c1c32. The van der Waals surface area contributed by atoms with Crippen LogP contribution in [0.25, 0.3) is 27.3 Å². The van der Waals surface area contributed by atoms with Crippen molar-refractivity contribution in [1.82, 2.24) is 14.7 Å². The lowest BCUT2D eigenvalue weighted by Crippen LogP contribution is -2.25. The second-order valence-corrected chi connectivity index (χ2v) is 5.72. The van der Waals surface area contributed by atoms with Crippen molar-refractivity contribution in [2.75, 3.05) is 31.6 Å². The van der Waals surface area contributed by atoms with Crippen LogP contribution in [-0.2, 0) is 0 Å². The molecule has 0 aliphatic heterocycles. The summed E-state index contributed by atoms with van der Waals surface area (Å²) in [6.45, 7) is 2.06. The van der Waals surface area contributed by atoms with Crippen molar-refractivity contribution in [3.63, 3.8) is 0 Å². The Hall–Kier alpha value is -2.70. The highest BCUT2D eigenvalue weighted by molar-refractivity contribution is 6.06. The Morgan fingerprint density at radius 2 is 1.96 bits per heavy atom. The maximum absolute atomic E-state index is 13.0. The standard InChI is InChI=1S/C18H18N4O2/c23-10-9-19-7-8-20-13-5-6-14-17-16(13)18(24)12-3-1-2-4-15(12)22(17)11-21-14/h1-6,11,19-20,23H,7-10H2. The van der Waals surface area contributed by atoms with Crippen LogP contribution >= 0.6 is 0 Å². The van der Waals surface area contributed by atoms with E-state index in [0.717, 1.165) is 22.2 Å². The molecule has 0 radical (unpaired) electrons. The third kappa shape index (κ3) is 2.28. The van der Waals surface area contributed by atoms with Crippen LogP contribution < -0.4 is 16.1 Å². The van der Waals surface area contributed by atoms with Crippen molar-refractivity contribution in [1.29, 1.82) is 0 Å². The molecule has 3 N–H and O–H groups in total. The number of nitrogens with zero attached hydrogens (tertiary/aromatic N) is 2. The molecule has 122 valence electrons. The molecule has 0 aliphatic rings. The molecular weight excluding hydrogens is 304 g/mol. The third-order valence-electron chi connectivity index (χ3n) is 4.25. The van der Waals surface area contributed by atoms with Crippen molar-refractivity contribution in [2.45, 2.75) is 0 Å². The predicted octanol–water partition coefficient (Wildman–Crippen LogP) is 1.43. The second-order valence-electron chi connectivity index (χ2n) is 5.72. The van der Waals surface area contributed by atoms with Gasteiger partial charge in [0, 0.05) is 30.7 Å². The van der Waals surface area contributed by atoms with Crippen molar-refractivity contribution in [2.24, 2.45) is 0 Å². The number of aliphatic hydroxyl groups excluding tert-OH is 1. The number of rotatable bonds is 6. The average molecular weight is 322 g/mol. The van der Waals surface area contributed by atoms with Gasteiger partial charge in [-0.1, -0.05) is 12.1 Å². The number of hydrogen-bond donors (Lipinski definition) is 3. The Bertz CT molecular complexity index is 1060. The maximum Gasteiger partial charge on any atom is 0.199 e. The maximum atomic E-state index is 13.0. The predicted molar refractivity (Wildman–Crippen MR) is 96.1 cm³/mol. The Morgan fingerprint density at radius 3 is 2.83 bits per heavy atom. The molecule has 0 atom stereocenters. The van der Waals surface area contributed by atoms with Crippen LogP contribution in [0.3, 0.4) is 0 Å². The quantitative estimate of drug-likeness (QED) is 0.370. The molecule has 0 fully saturated rings. The first-order chi connectivity index (χ1) is 11.8. The molecule has 4 aromatic rings. The van der Waals surface area contributed by atoms with E-state index in [1.807, 2.05) is 40.8 Å². The summed E-state index contributed by atoms with van der Waals surface area (Å²) >= 11 is 0. The van der Waals surface area contributed by atoms with E-state index >= 15 is 0 Å². The molecule has 2 heterocycles. The summed E-state index contributed by atoms with van der Waals surface area (Å²) < 4.78 is 1.98. The van der Waals surface area contributed by atoms with Crippen LogP contribution in [0.4, 0.5) is 5.69 Å². The molecule has 0 bridgehead atoms. The van der Waals surface area contributed by atoms with Crippen LogP contribution in [0.15, 0.2) is 47.5 Å². The minimum Gasteiger partial charge on any atom is -0.395 e. The van der Waals surface area contributed by atoms with E-state index in [1.165, 1.54) is 0 Å². The molecule has 0 saturated heterocycles. The lowest BCUT2D eigenvalue weighted by Gasteiger charge is -2.11. The fourth-order valence-electron chi connectivity index (χ4n) is 3.17. The van der Waals surface area contributed by atoms with E-state index in [0.29, 0.717) is 30.4 Å². The topological polar surface area (TPSA) is 78.7 Å². The first-order valence-corrected chi connectivity index (χ1v) is 8.01. The number of pyridine rings is 1. The number of hydrogen-bond acceptors (Lipinski definition) is 5. The van der Waals surface area contributed by atoms with Gasteiger partial charge in [0.2, 0.25) is 0 Å². The molecule has 2 aromatic heterocycles. The van der Waals surface area contributed by atoms with Crippen LogP contribution in [-0.4, -0.2) is 40.7 Å². The van der Waals surface area contributed by atoms with Gasteiger partial charge in [-0.15, -0.1) is 0 Å². The van der Waals surface area contributed by atoms with E-state index in [2.05, 4.69) is 15.6 Å². The Balaban J connectivity index is 1.85. The highest BCUT2D eigenvalue weighted by atomic mass is 16.3. The van der Waals surface area contributed by atoms with Crippen LogP contribution in [0.2, 0.25) is 0 Å². The Labute approximate surface area is 138 Å². The van der Waals surface area contributed by atoms with Gasteiger partial charge in [-0.3, -0.25) is 9.20 Å². The zero-order chi connectivity index (χ0) is 16.5. The van der Waals surface area contributed by atoms with Crippen molar-refractivity contribution in [3.8, 4) is 0 Å². The van der Waals surface area contributed by atoms with Gasteiger partial charge >= 0.3 is 0 Å². The van der Waals surface area contributed by atoms with E-state index in [1.54, 1.807) is 6.33 Å². The number of aliphatic hydroxyl groups is 1. The van der Waals surface area contributed by atoms with Crippen LogP contribution in [0, 0.1) is 0 Å². The molecule has 4 rings (SSSR count). The lowest BCUT2D eigenvalue weighted by atomic mass is 10.1. The Kier molecular flexibility index (Phi) is 3.76. The normalized spacial score (nSPS) is 11.7. The number of anilines is 1. The summed E-state index contributed by atoms with van der Waals surface area (Å²) in [5, 5.41) is 16.6. The molecule has 6 nitrogen and oxygen atoms in total. The molecule has 0 saturated carbocycles. The van der Waals surface area contributed by atoms with Crippen molar-refractivity contribution < 1.29 is 5.11 Å². The summed E-state index contributed by atoms with van der Waals surface area (Å²) in [5.41, 5.74) is 3.38. The number of para-hydroxylation sites is 1. The number of imidazole rings is 1. The molecule has 0 aliphatic carbocycles. The van der Waals surface area contributed by atoms with Gasteiger partial charge in [0.05, 0.1) is 28.5 Å². The summed E-state index contributed by atoms with van der Waals surface area (Å²) in [6, 6.07) is 11.4. The van der Waals surface area contributed by atoms with E-state index in [9.17, 15) is 4.79 Å². The molecule has 6 heteroatoms. The largest absolute Gasteiger partial charge is 0.395 e. The van der Waals surface area contributed by atoms with E-state index < -0.39 is 0 Å². The molecule has 0 unspecified atom stereocenters. The molecule has 24 heavy (non-hydrogen) atoms. The van der Waals surface area contributed by atoms with Crippen LogP contribution in [0.1, 0.15) is 0 Å². The average Bonchev–Trinajstić information content (AvgIpc) is 3.04. The monoisotopic (exact) mass is 322 g/mol. The minimum absolute atomic E-state index is 0.0232. The zero-order valence-corrected chi connectivity index (χ0v) is 13.1. The first kappa shape index (κ1) is 14.9. The first-order valence-electron chi connectivity index (χ1n) is 8.01. The molecule has 0 amide bonds. The highest BCUT2D eigenvalue weighted by Crippen LogP contribution is 2.28. The number of nitrogens with one attached hydrogen (secondary N) is 2. The van der Waals surface area contributed by atoms with E-state index in [4.69, 9.17) is 5.11 Å². The van der Waals surface area contributed by atoms with Gasteiger partial charge < -0.3 is 15.7 Å². The molecule has 0 spiro atoms. The fraction of sp³-hybridized carbons (Fsp3) is 0.222. The van der Waals surface area contributed by atoms with Gasteiger partial charge in [-0.2, -0.15) is 0 Å². The number of aromatic nitrogens is 2.